The minimum atomic E-state index is -6.20. The zero-order valence-electron chi connectivity index (χ0n) is 42.6. The van der Waals surface area contributed by atoms with Crippen molar-refractivity contribution in [2.45, 2.75) is 67.1 Å². The molecule has 7 aromatic rings. The van der Waals surface area contributed by atoms with E-state index in [2.05, 4.69) is 48.5 Å². The summed E-state index contributed by atoms with van der Waals surface area (Å²) >= 11 is 0. The molecule has 0 radical (unpaired) electrons. The first kappa shape index (κ1) is 59.1. The Bertz CT molecular complexity index is 3830. The molecule has 0 spiro atoms. The summed E-state index contributed by atoms with van der Waals surface area (Å²) in [5.41, 5.74) is 14.2. The molecule has 3 saturated heterocycles. The number of benzene rings is 1. The molecule has 3 aliphatic rings. The number of hydrogen-bond acceptors (Lipinski definition) is 28. The first-order chi connectivity index (χ1) is 38.8. The van der Waals surface area contributed by atoms with E-state index >= 15 is 0 Å². The van der Waals surface area contributed by atoms with Gasteiger partial charge in [-0.3, -0.25) is 46.9 Å². The second-order valence-electron chi connectivity index (χ2n) is 18.5. The van der Waals surface area contributed by atoms with Crippen LogP contribution in [0.3, 0.4) is 0 Å². The van der Waals surface area contributed by atoms with Crippen LogP contribution in [0.5, 0.6) is 5.75 Å². The van der Waals surface area contributed by atoms with Gasteiger partial charge in [-0.05, 0) is 12.1 Å². The number of para-hydroxylation sites is 1. The monoisotopic (exact) mass is 1230 g/mol. The van der Waals surface area contributed by atoms with Crippen LogP contribution in [-0.2, 0) is 71.2 Å². The van der Waals surface area contributed by atoms with E-state index in [-0.39, 0.29) is 63.6 Å². The van der Waals surface area contributed by atoms with Crippen molar-refractivity contribution in [1.29, 1.82) is 0 Å². The highest BCUT2D eigenvalue weighted by atomic mass is 31.3. The Hall–Kier alpha value is -6.05. The number of aryl methyl sites for hydroxylation is 1. The Morgan fingerprint density at radius 1 is 0.695 bits per heavy atom. The number of hydrogen-bond donors (Lipinski definition) is 11. The molecule has 0 amide bonds. The number of nitrogens with one attached hydrogen (secondary N) is 2. The first-order valence-electron chi connectivity index (χ1n) is 23.9. The number of H-pyrrole nitrogens is 2. The smallest absolute Gasteiger partial charge is 0.483 e. The van der Waals surface area contributed by atoms with Gasteiger partial charge in [0.05, 0.1) is 52.2 Å². The van der Waals surface area contributed by atoms with Crippen LogP contribution in [0.2, 0.25) is 0 Å². The van der Waals surface area contributed by atoms with Gasteiger partial charge in [0.25, 0.3) is 17.1 Å². The average molecular weight is 1230 g/mol. The lowest BCUT2D eigenvalue weighted by Crippen LogP contribution is -2.45. The van der Waals surface area contributed by atoms with E-state index < -0.39 is 135 Å². The summed E-state index contributed by atoms with van der Waals surface area (Å²) < 4.78 is 119. The Labute approximate surface area is 457 Å². The number of aliphatic hydroxyl groups is 2. The van der Waals surface area contributed by atoms with Crippen molar-refractivity contribution in [1.82, 2.24) is 53.6 Å². The van der Waals surface area contributed by atoms with Crippen molar-refractivity contribution in [3.63, 3.8) is 0 Å². The SMILES string of the molecule is COC[C@H]1[C@@H](O)[C@H]([n+]2cn(C)c3c(=O)[nH]c(N)nc32)O[C@@H]1COP(=O)(O)OP(=O)(O)OP(=O)(O)OCC1O[C@@H](n2cnc3c(N)ncnc32)[C@H](OC)[C@@H]1P(=O)(O)OC[C@H]1O[C@@H](n2cnc3c(=O)[nH]c(N)nc32)[C@H](Oc2ccccc2)[C@@H]1O. The largest absolute Gasteiger partial charge is 0.490 e. The molecule has 0 aliphatic carbocycles. The molecule has 1 aromatic carbocycles. The molecule has 6 aromatic heterocycles. The molecule has 38 nitrogen and oxygen atoms in total. The topological polar surface area (TPSA) is 531 Å². The molecular formula is C40H52N15O23P4+. The Balaban J connectivity index is 0.849. The predicted octanol–water partition coefficient (Wildman–Crippen LogP) is -1.65. The number of anilines is 3. The van der Waals surface area contributed by atoms with Gasteiger partial charge < -0.3 is 79.9 Å². The van der Waals surface area contributed by atoms with Crippen molar-refractivity contribution in [3.8, 4) is 5.75 Å². The van der Waals surface area contributed by atoms with Gasteiger partial charge >= 0.3 is 36.7 Å². The van der Waals surface area contributed by atoms with Crippen LogP contribution in [0.1, 0.15) is 18.7 Å². The minimum Gasteiger partial charge on any atom is -0.483 e. The van der Waals surface area contributed by atoms with Crippen LogP contribution in [0, 0.1) is 5.92 Å². The highest BCUT2D eigenvalue weighted by Gasteiger charge is 2.58. The number of nitrogen functional groups attached to an aromatic ring is 3. The number of aromatic nitrogens is 12. The first-order valence-corrected chi connectivity index (χ1v) is 30.1. The summed E-state index contributed by atoms with van der Waals surface area (Å²) in [5.74, 6) is -1.42. The van der Waals surface area contributed by atoms with Crippen LogP contribution < -0.4 is 37.6 Å². The van der Waals surface area contributed by atoms with Gasteiger partial charge in [0.1, 0.15) is 53.8 Å². The summed E-state index contributed by atoms with van der Waals surface area (Å²) in [6.07, 6.45) is -10.3. The Kier molecular flexibility index (Phi) is 16.5. The molecule has 10 rings (SSSR count). The van der Waals surface area contributed by atoms with E-state index in [0.717, 1.165) is 19.8 Å². The number of methoxy groups -OCH3 is 2. The van der Waals surface area contributed by atoms with Gasteiger partial charge in [0.2, 0.25) is 17.7 Å². The lowest BCUT2D eigenvalue weighted by atomic mass is 9.99. The number of phosphoric acid groups is 3. The zero-order valence-corrected chi connectivity index (χ0v) is 46.1. The third-order valence-electron chi connectivity index (χ3n) is 13.3. The Morgan fingerprint density at radius 3 is 1.99 bits per heavy atom. The van der Waals surface area contributed by atoms with Crippen LogP contribution in [0.4, 0.5) is 17.7 Å². The third kappa shape index (κ3) is 11.8. The van der Waals surface area contributed by atoms with Gasteiger partial charge in [0, 0.05) is 20.1 Å². The molecule has 42 heteroatoms. The van der Waals surface area contributed by atoms with E-state index in [1.54, 1.807) is 30.3 Å². The van der Waals surface area contributed by atoms with Gasteiger partial charge in [-0.15, -0.1) is 0 Å². The van der Waals surface area contributed by atoms with E-state index in [0.29, 0.717) is 0 Å². The highest BCUT2D eigenvalue weighted by molar-refractivity contribution is 7.66. The summed E-state index contributed by atoms with van der Waals surface area (Å²) in [7, 11) is -19.5. The molecule has 3 aliphatic heterocycles. The molecule has 82 heavy (non-hydrogen) atoms. The molecular weight excluding hydrogens is 1180 g/mol. The molecule has 5 unspecified atom stereocenters. The van der Waals surface area contributed by atoms with E-state index in [1.165, 1.54) is 45.1 Å². The number of nitrogens with two attached hydrogens (primary N) is 3. The summed E-state index contributed by atoms with van der Waals surface area (Å²) in [6, 6.07) is 8.15. The summed E-state index contributed by atoms with van der Waals surface area (Å²) in [6.45, 7) is -3.40. The molecule has 3 fully saturated rings. The number of aliphatic hydroxyl groups excluding tert-OH is 2. The summed E-state index contributed by atoms with van der Waals surface area (Å²) in [4.78, 5) is 98.6. The lowest BCUT2D eigenvalue weighted by molar-refractivity contribution is -0.745. The maximum absolute atomic E-state index is 14.7. The fourth-order valence-electron chi connectivity index (χ4n) is 9.74. The minimum absolute atomic E-state index is 0.0103. The fraction of sp³-hybridized carbons (Fsp3) is 0.475. The predicted molar refractivity (Wildman–Crippen MR) is 272 cm³/mol. The molecule has 0 saturated carbocycles. The quantitative estimate of drug-likeness (QED) is 0.0267. The number of nitrogens with zero attached hydrogens (tertiary/aromatic N) is 10. The van der Waals surface area contributed by atoms with Crippen molar-refractivity contribution in [3.05, 3.63) is 76.3 Å². The van der Waals surface area contributed by atoms with E-state index in [4.69, 9.17) is 59.2 Å². The van der Waals surface area contributed by atoms with Crippen molar-refractivity contribution >= 4 is 82.3 Å². The van der Waals surface area contributed by atoms with Crippen LogP contribution in [0.15, 0.2) is 65.2 Å². The highest BCUT2D eigenvalue weighted by Crippen LogP contribution is 2.68. The second kappa shape index (κ2) is 22.8. The Morgan fingerprint density at radius 2 is 1.30 bits per heavy atom. The standard InChI is InChI=1S/C40H51N15O23P4/c1-52-16-55(33-24(52)35(59)51-40(43)49-33)36-25(56)18(9-68-2)19(74-36)10-71-80(62,63)77-82(66,67)78-81(64,65)72-12-21-29(28(69-3)38(76-21)53-14-46-22-30(41)44-13-45-31(22)53)79(60,61)70-11-20-26(57)27(73-17-7-5-4-6-8-17)37(75-20)54-15-47-23-32(54)48-39(42)50-34(23)58/h4-8,13-16,18-21,25-29,36-38,56-57H,9-12H2,1-3H3,(H11-,41,42,43,44,45,48,49,50,51,58,59,60,61,62,63,64,65,66,67)/p+1/t18-,19-,20-,21?,25-,26-,27-,28-,29-,36-,37-,38-/m1/s1. The van der Waals surface area contributed by atoms with Crippen molar-refractivity contribution in [2.75, 3.05) is 57.8 Å². The molecule has 444 valence electrons. The van der Waals surface area contributed by atoms with Gasteiger partial charge in [-0.2, -0.15) is 13.6 Å². The van der Waals surface area contributed by atoms with Gasteiger partial charge in [-0.25, -0.2) is 38.2 Å². The van der Waals surface area contributed by atoms with Crippen LogP contribution in [0.25, 0.3) is 33.5 Å². The molecule has 9 heterocycles. The van der Waals surface area contributed by atoms with Gasteiger partial charge in [-0.1, -0.05) is 23.2 Å². The number of rotatable bonds is 22. The molecule has 16 atom stereocenters. The number of ether oxygens (including phenoxy) is 6. The average Bonchev–Trinajstić information content (AvgIpc) is 4.46. The number of aromatic amines is 2. The summed E-state index contributed by atoms with van der Waals surface area (Å²) in [5, 5.41) is 23.1. The third-order valence-corrected chi connectivity index (χ3v) is 19.4. The van der Waals surface area contributed by atoms with Crippen molar-refractivity contribution < 1.29 is 103 Å². The van der Waals surface area contributed by atoms with E-state index in [1.807, 2.05) is 0 Å². The second-order valence-corrected chi connectivity index (χ2v) is 25.1. The number of fused-ring (bicyclic) bond motifs is 3. The number of phosphoric ester groups is 2. The van der Waals surface area contributed by atoms with E-state index in [9.17, 15) is 57.6 Å². The maximum Gasteiger partial charge on any atom is 0.490 e. The molecule has 14 N–H and O–H groups in total. The normalized spacial score (nSPS) is 28.8. The van der Waals surface area contributed by atoms with Crippen LogP contribution >= 0.6 is 31.1 Å². The van der Waals surface area contributed by atoms with Gasteiger partial charge in [0.15, 0.2) is 47.5 Å². The maximum atomic E-state index is 14.7. The van der Waals surface area contributed by atoms with Crippen LogP contribution in [-0.4, -0.2) is 172 Å². The zero-order chi connectivity index (χ0) is 58.8. The lowest BCUT2D eigenvalue weighted by Gasteiger charge is -2.28. The van der Waals surface area contributed by atoms with Crippen molar-refractivity contribution in [2.24, 2.45) is 13.0 Å². The number of imidazole rings is 3. The molecule has 0 bridgehead atoms. The fourth-order valence-corrected chi connectivity index (χ4v) is 15.0.